The van der Waals surface area contributed by atoms with Crippen molar-refractivity contribution in [1.82, 2.24) is 0 Å². The Morgan fingerprint density at radius 1 is 1.00 bits per heavy atom. The SMILES string of the molecule is Nc1cc(S(F)(F)(F)(F)F)cc(Br)c1N. The van der Waals surface area contributed by atoms with E-state index in [0.29, 0.717) is 0 Å². The molecule has 0 aliphatic heterocycles. The number of nitrogens with two attached hydrogens (primary N) is 2. The molecule has 0 amide bonds. The fourth-order valence-corrected chi connectivity index (χ4v) is 2.15. The summed E-state index contributed by atoms with van der Waals surface area (Å²) in [7, 11) is -9.69. The van der Waals surface area contributed by atoms with Gasteiger partial charge in [-0.05, 0) is 28.1 Å². The smallest absolute Gasteiger partial charge is 0.310 e. The summed E-state index contributed by atoms with van der Waals surface area (Å²) in [6.45, 7) is 0. The van der Waals surface area contributed by atoms with Gasteiger partial charge in [0.25, 0.3) is 0 Å². The van der Waals surface area contributed by atoms with Gasteiger partial charge in [0.15, 0.2) is 0 Å². The van der Waals surface area contributed by atoms with Crippen LogP contribution in [0.5, 0.6) is 0 Å². The summed E-state index contributed by atoms with van der Waals surface area (Å²) < 4.78 is 61.3. The molecule has 1 rings (SSSR count). The van der Waals surface area contributed by atoms with Gasteiger partial charge in [-0.1, -0.05) is 19.4 Å². The van der Waals surface area contributed by atoms with Crippen molar-refractivity contribution in [3.05, 3.63) is 16.6 Å². The van der Waals surface area contributed by atoms with Crippen molar-refractivity contribution in [2.45, 2.75) is 4.90 Å². The Morgan fingerprint density at radius 3 is 1.80 bits per heavy atom. The van der Waals surface area contributed by atoms with Crippen molar-refractivity contribution < 1.29 is 19.4 Å². The molecular formula is C6H6BrF5N2S. The molecule has 0 bridgehead atoms. The van der Waals surface area contributed by atoms with Crippen molar-refractivity contribution in [3.63, 3.8) is 0 Å². The zero-order valence-corrected chi connectivity index (χ0v) is 9.39. The van der Waals surface area contributed by atoms with Crippen LogP contribution in [-0.2, 0) is 0 Å². The van der Waals surface area contributed by atoms with Gasteiger partial charge in [0.05, 0.1) is 11.4 Å². The van der Waals surface area contributed by atoms with Crippen LogP contribution < -0.4 is 11.5 Å². The Bertz CT molecular complexity index is 405. The van der Waals surface area contributed by atoms with Gasteiger partial charge in [0, 0.05) is 4.47 Å². The van der Waals surface area contributed by atoms with Crippen LogP contribution in [-0.4, -0.2) is 0 Å². The van der Waals surface area contributed by atoms with Gasteiger partial charge in [-0.2, -0.15) is 0 Å². The average Bonchev–Trinajstić information content (AvgIpc) is 1.94. The van der Waals surface area contributed by atoms with E-state index in [1.807, 2.05) is 0 Å². The third-order valence-corrected chi connectivity index (χ3v) is 3.36. The summed E-state index contributed by atoms with van der Waals surface area (Å²) in [5.41, 5.74) is 9.52. The third-order valence-electron chi connectivity index (χ3n) is 1.58. The number of hydrogen-bond acceptors (Lipinski definition) is 2. The normalized spacial score (nSPS) is 16.9. The van der Waals surface area contributed by atoms with E-state index in [0.717, 1.165) is 0 Å². The molecule has 0 unspecified atom stereocenters. The number of rotatable bonds is 1. The Morgan fingerprint density at radius 2 is 1.47 bits per heavy atom. The van der Waals surface area contributed by atoms with Gasteiger partial charge in [0.1, 0.15) is 4.90 Å². The predicted molar refractivity (Wildman–Crippen MR) is 54.4 cm³/mol. The van der Waals surface area contributed by atoms with Crippen LogP contribution in [0.25, 0.3) is 0 Å². The quantitative estimate of drug-likeness (QED) is 0.601. The second kappa shape index (κ2) is 2.51. The summed E-state index contributed by atoms with van der Waals surface area (Å²) in [5, 5.41) is 0. The lowest BCUT2D eigenvalue weighted by atomic mass is 10.3. The van der Waals surface area contributed by atoms with E-state index in [4.69, 9.17) is 11.5 Å². The Hall–Kier alpha value is -0.700. The van der Waals surface area contributed by atoms with Gasteiger partial charge in [0.2, 0.25) is 0 Å². The molecule has 0 heterocycles. The van der Waals surface area contributed by atoms with E-state index in [9.17, 15) is 19.4 Å². The molecular weight excluding hydrogens is 307 g/mol. The van der Waals surface area contributed by atoms with Crippen LogP contribution in [0.15, 0.2) is 21.5 Å². The number of benzene rings is 1. The third kappa shape index (κ3) is 2.65. The number of halogens is 6. The number of nitrogen functional groups attached to an aromatic ring is 2. The monoisotopic (exact) mass is 312 g/mol. The largest absolute Gasteiger partial charge is 0.397 e. The standard InChI is InChI=1S/C6H6BrF5N2S/c7-4-1-3(2-5(13)6(4)14)15(8,9,10,11)12/h1-2H,13-14H2. The Labute approximate surface area is 90.3 Å². The van der Waals surface area contributed by atoms with E-state index in [2.05, 4.69) is 15.9 Å². The first-order valence-corrected chi connectivity index (χ1v) is 6.14. The minimum atomic E-state index is -9.69. The fraction of sp³-hybridized carbons (Fsp3) is 0. The molecule has 2 nitrogen and oxygen atoms in total. The fourth-order valence-electron chi connectivity index (χ4n) is 0.836. The molecule has 1 aromatic rings. The van der Waals surface area contributed by atoms with Crippen molar-refractivity contribution in [3.8, 4) is 0 Å². The van der Waals surface area contributed by atoms with Gasteiger partial charge in [-0.3, -0.25) is 0 Å². The molecule has 0 saturated heterocycles. The zero-order chi connectivity index (χ0) is 12.1. The van der Waals surface area contributed by atoms with Crippen LogP contribution in [0.4, 0.5) is 30.8 Å². The number of hydrogen-bond donors (Lipinski definition) is 2. The van der Waals surface area contributed by atoms with E-state index < -0.39 is 20.8 Å². The zero-order valence-electron chi connectivity index (χ0n) is 6.99. The highest BCUT2D eigenvalue weighted by Gasteiger charge is 2.65. The summed E-state index contributed by atoms with van der Waals surface area (Å²) in [6, 6.07) is 0.342. The maximum Gasteiger partial charge on any atom is 0.310 e. The van der Waals surface area contributed by atoms with Gasteiger partial charge in [-0.25, -0.2) is 0 Å². The molecule has 0 fully saturated rings. The van der Waals surface area contributed by atoms with Crippen molar-refractivity contribution in [2.24, 2.45) is 0 Å². The molecule has 88 valence electrons. The molecule has 15 heavy (non-hydrogen) atoms. The first-order valence-electron chi connectivity index (χ1n) is 3.40. The van der Waals surface area contributed by atoms with E-state index in [-0.39, 0.29) is 22.3 Å². The van der Waals surface area contributed by atoms with Crippen molar-refractivity contribution in [2.75, 3.05) is 11.5 Å². The minimum Gasteiger partial charge on any atom is -0.397 e. The second-order valence-electron chi connectivity index (χ2n) is 2.88. The van der Waals surface area contributed by atoms with Crippen LogP contribution >= 0.6 is 26.2 Å². The summed E-state index contributed by atoms with van der Waals surface area (Å²) in [4.78, 5) is -2.06. The van der Waals surface area contributed by atoms with Crippen LogP contribution in [0.1, 0.15) is 0 Å². The van der Waals surface area contributed by atoms with Crippen molar-refractivity contribution in [1.29, 1.82) is 0 Å². The molecule has 9 heteroatoms. The molecule has 0 aliphatic rings. The van der Waals surface area contributed by atoms with Crippen LogP contribution in [0.3, 0.4) is 0 Å². The van der Waals surface area contributed by atoms with Gasteiger partial charge < -0.3 is 11.5 Å². The maximum atomic E-state index is 12.3. The lowest BCUT2D eigenvalue weighted by Gasteiger charge is -2.40. The molecule has 0 saturated carbocycles. The highest BCUT2D eigenvalue weighted by Crippen LogP contribution is 3.02. The molecule has 4 N–H and O–H groups in total. The highest BCUT2D eigenvalue weighted by molar-refractivity contribution is 9.10. The summed E-state index contributed by atoms with van der Waals surface area (Å²) in [5.74, 6) is 0. The first-order chi connectivity index (χ1) is 6.31. The molecule has 0 atom stereocenters. The van der Waals surface area contributed by atoms with E-state index >= 15 is 0 Å². The Kier molecular flexibility index (Phi) is 2.07. The second-order valence-corrected chi connectivity index (χ2v) is 6.14. The van der Waals surface area contributed by atoms with Crippen LogP contribution in [0, 0.1) is 0 Å². The van der Waals surface area contributed by atoms with Crippen molar-refractivity contribution >= 4 is 37.5 Å². The average molecular weight is 313 g/mol. The first kappa shape index (κ1) is 12.4. The molecule has 0 radical (unpaired) electrons. The highest BCUT2D eigenvalue weighted by atomic mass is 79.9. The van der Waals surface area contributed by atoms with E-state index in [1.165, 1.54) is 0 Å². The van der Waals surface area contributed by atoms with Gasteiger partial charge in [-0.15, -0.1) is 0 Å². The predicted octanol–water partition coefficient (Wildman–Crippen LogP) is 4.27. The summed E-state index contributed by atoms with van der Waals surface area (Å²) >= 11 is 2.62. The lowest BCUT2D eigenvalue weighted by molar-refractivity contribution is 0.364. The topological polar surface area (TPSA) is 52.0 Å². The maximum absolute atomic E-state index is 12.3. The van der Waals surface area contributed by atoms with Gasteiger partial charge >= 0.3 is 10.2 Å². The minimum absolute atomic E-state index is 0.127. The number of anilines is 2. The van der Waals surface area contributed by atoms with Crippen LogP contribution in [0.2, 0.25) is 0 Å². The van der Waals surface area contributed by atoms with E-state index in [1.54, 1.807) is 0 Å². The molecule has 0 aliphatic carbocycles. The Balaban J connectivity index is 3.58. The molecule has 1 aromatic carbocycles. The lowest BCUT2D eigenvalue weighted by Crippen LogP contribution is -2.08. The summed E-state index contributed by atoms with van der Waals surface area (Å²) in [6.07, 6.45) is 0. The molecule has 0 aromatic heterocycles. The molecule has 0 spiro atoms.